The van der Waals surface area contributed by atoms with Crippen LogP contribution in [0.4, 0.5) is 0 Å². The van der Waals surface area contributed by atoms with Gasteiger partial charge in [0.05, 0.1) is 13.2 Å². The molecule has 1 atom stereocenters. The van der Waals surface area contributed by atoms with Crippen molar-refractivity contribution in [3.63, 3.8) is 0 Å². The molecule has 0 bridgehead atoms. The Morgan fingerprint density at radius 3 is 3.08 bits per heavy atom. The first-order valence-corrected chi connectivity index (χ1v) is 4.51. The SMILES string of the molecule is NCC1COCCN1CCCO. The summed E-state index contributed by atoms with van der Waals surface area (Å²) in [6, 6.07) is 0.352. The highest BCUT2D eigenvalue weighted by Gasteiger charge is 2.20. The summed E-state index contributed by atoms with van der Waals surface area (Å²) in [6.07, 6.45) is 0.830. The van der Waals surface area contributed by atoms with Gasteiger partial charge in [-0.15, -0.1) is 0 Å². The van der Waals surface area contributed by atoms with Gasteiger partial charge in [-0.25, -0.2) is 0 Å². The molecule has 0 aromatic carbocycles. The van der Waals surface area contributed by atoms with E-state index in [1.54, 1.807) is 0 Å². The smallest absolute Gasteiger partial charge is 0.0634 e. The summed E-state index contributed by atoms with van der Waals surface area (Å²) in [5.74, 6) is 0. The highest BCUT2D eigenvalue weighted by atomic mass is 16.5. The van der Waals surface area contributed by atoms with Crippen LogP contribution in [0.3, 0.4) is 0 Å². The van der Waals surface area contributed by atoms with Crippen molar-refractivity contribution in [3.05, 3.63) is 0 Å². The molecule has 0 amide bonds. The summed E-state index contributed by atoms with van der Waals surface area (Å²) in [4.78, 5) is 2.29. The Morgan fingerprint density at radius 2 is 2.42 bits per heavy atom. The molecule has 1 rings (SSSR count). The van der Waals surface area contributed by atoms with Crippen LogP contribution in [0.25, 0.3) is 0 Å². The highest BCUT2D eigenvalue weighted by Crippen LogP contribution is 2.05. The summed E-state index contributed by atoms with van der Waals surface area (Å²) in [5.41, 5.74) is 5.58. The van der Waals surface area contributed by atoms with E-state index in [1.165, 1.54) is 0 Å². The molecule has 0 aliphatic carbocycles. The van der Waals surface area contributed by atoms with Gasteiger partial charge in [0, 0.05) is 32.3 Å². The van der Waals surface area contributed by atoms with Crippen LogP contribution in [0.1, 0.15) is 6.42 Å². The van der Waals surface area contributed by atoms with Crippen molar-refractivity contribution in [1.82, 2.24) is 4.90 Å². The fourth-order valence-electron chi connectivity index (χ4n) is 1.47. The van der Waals surface area contributed by atoms with E-state index < -0.39 is 0 Å². The minimum absolute atomic E-state index is 0.259. The van der Waals surface area contributed by atoms with Crippen LogP contribution in [-0.4, -0.2) is 55.5 Å². The molecule has 0 radical (unpaired) electrons. The van der Waals surface area contributed by atoms with Crippen molar-refractivity contribution in [3.8, 4) is 0 Å². The van der Waals surface area contributed by atoms with Crippen LogP contribution >= 0.6 is 0 Å². The largest absolute Gasteiger partial charge is 0.396 e. The van der Waals surface area contributed by atoms with E-state index in [1.807, 2.05) is 0 Å². The zero-order valence-corrected chi connectivity index (χ0v) is 7.41. The molecule has 1 saturated heterocycles. The zero-order valence-electron chi connectivity index (χ0n) is 7.41. The van der Waals surface area contributed by atoms with Gasteiger partial charge in [0.1, 0.15) is 0 Å². The van der Waals surface area contributed by atoms with E-state index in [2.05, 4.69) is 4.90 Å². The van der Waals surface area contributed by atoms with E-state index in [-0.39, 0.29) is 6.61 Å². The van der Waals surface area contributed by atoms with Crippen LogP contribution in [0.5, 0.6) is 0 Å². The van der Waals surface area contributed by atoms with Crippen molar-refractivity contribution < 1.29 is 9.84 Å². The molecule has 1 heterocycles. The van der Waals surface area contributed by atoms with Gasteiger partial charge in [0.25, 0.3) is 0 Å². The molecule has 1 unspecified atom stereocenters. The molecule has 4 nitrogen and oxygen atoms in total. The van der Waals surface area contributed by atoms with Crippen molar-refractivity contribution in [1.29, 1.82) is 0 Å². The first-order chi connectivity index (χ1) is 5.88. The van der Waals surface area contributed by atoms with Gasteiger partial charge in [-0.2, -0.15) is 0 Å². The quantitative estimate of drug-likeness (QED) is 0.575. The molecule has 0 aromatic heterocycles. The fourth-order valence-corrected chi connectivity index (χ4v) is 1.47. The number of ether oxygens (including phenoxy) is 1. The standard InChI is InChI=1S/C8H18N2O2/c9-6-8-7-12-5-3-10(8)2-1-4-11/h8,11H,1-7,9H2. The lowest BCUT2D eigenvalue weighted by Gasteiger charge is -2.34. The van der Waals surface area contributed by atoms with Crippen molar-refractivity contribution >= 4 is 0 Å². The summed E-state index contributed by atoms with van der Waals surface area (Å²) < 4.78 is 5.30. The number of hydrogen-bond acceptors (Lipinski definition) is 4. The van der Waals surface area contributed by atoms with Gasteiger partial charge in [0.2, 0.25) is 0 Å². The number of rotatable bonds is 4. The van der Waals surface area contributed by atoms with Crippen molar-refractivity contribution in [2.75, 3.05) is 39.5 Å². The Balaban J connectivity index is 2.26. The number of aliphatic hydroxyl groups excluding tert-OH is 1. The topological polar surface area (TPSA) is 58.7 Å². The van der Waals surface area contributed by atoms with E-state index >= 15 is 0 Å². The van der Waals surface area contributed by atoms with Crippen LogP contribution < -0.4 is 5.73 Å². The number of morpholine rings is 1. The Kier molecular flexibility index (Phi) is 4.53. The maximum Gasteiger partial charge on any atom is 0.0634 e. The van der Waals surface area contributed by atoms with Gasteiger partial charge in [-0.05, 0) is 6.42 Å². The molecule has 72 valence electrons. The maximum atomic E-state index is 8.67. The van der Waals surface area contributed by atoms with Crippen molar-refractivity contribution in [2.45, 2.75) is 12.5 Å². The molecule has 1 aliphatic heterocycles. The summed E-state index contributed by atoms with van der Waals surface area (Å²) >= 11 is 0. The van der Waals surface area contributed by atoms with Gasteiger partial charge < -0.3 is 15.6 Å². The summed E-state index contributed by atoms with van der Waals surface area (Å²) in [6.45, 7) is 4.31. The molecular weight excluding hydrogens is 156 g/mol. The van der Waals surface area contributed by atoms with Crippen molar-refractivity contribution in [2.24, 2.45) is 5.73 Å². The van der Waals surface area contributed by atoms with Crippen LogP contribution in [-0.2, 0) is 4.74 Å². The van der Waals surface area contributed by atoms with Gasteiger partial charge in [-0.1, -0.05) is 0 Å². The Morgan fingerprint density at radius 1 is 1.58 bits per heavy atom. The number of nitrogens with two attached hydrogens (primary N) is 1. The summed E-state index contributed by atoms with van der Waals surface area (Å²) in [7, 11) is 0. The molecule has 1 aliphatic rings. The van der Waals surface area contributed by atoms with Crippen LogP contribution in [0, 0.1) is 0 Å². The molecular formula is C8H18N2O2. The molecule has 1 fully saturated rings. The monoisotopic (exact) mass is 174 g/mol. The second-order valence-electron chi connectivity index (χ2n) is 3.08. The first-order valence-electron chi connectivity index (χ1n) is 4.51. The van der Waals surface area contributed by atoms with Gasteiger partial charge >= 0.3 is 0 Å². The predicted molar refractivity (Wildman–Crippen MR) is 46.9 cm³/mol. The molecule has 0 spiro atoms. The van der Waals surface area contributed by atoms with E-state index in [0.29, 0.717) is 12.6 Å². The average Bonchev–Trinajstić information content (AvgIpc) is 2.15. The minimum Gasteiger partial charge on any atom is -0.396 e. The van der Waals surface area contributed by atoms with E-state index in [9.17, 15) is 0 Å². The minimum atomic E-state index is 0.259. The van der Waals surface area contributed by atoms with Gasteiger partial charge in [0.15, 0.2) is 0 Å². The second-order valence-corrected chi connectivity index (χ2v) is 3.08. The van der Waals surface area contributed by atoms with Gasteiger partial charge in [-0.3, -0.25) is 4.90 Å². The van der Waals surface area contributed by atoms with Crippen LogP contribution in [0.15, 0.2) is 0 Å². The third-order valence-electron chi connectivity index (χ3n) is 2.22. The average molecular weight is 174 g/mol. The third kappa shape index (κ3) is 2.71. The number of aliphatic hydroxyl groups is 1. The van der Waals surface area contributed by atoms with Crippen LogP contribution in [0.2, 0.25) is 0 Å². The fraction of sp³-hybridized carbons (Fsp3) is 1.00. The first kappa shape index (κ1) is 9.92. The predicted octanol–water partition coefficient (Wildman–Crippen LogP) is -0.972. The molecule has 0 aromatic rings. The van der Waals surface area contributed by atoms with E-state index in [4.69, 9.17) is 15.6 Å². The Hall–Kier alpha value is -0.160. The lowest BCUT2D eigenvalue weighted by molar-refractivity contribution is -0.00589. The summed E-state index contributed by atoms with van der Waals surface area (Å²) in [5, 5.41) is 8.67. The maximum absolute atomic E-state index is 8.67. The second kappa shape index (κ2) is 5.48. The zero-order chi connectivity index (χ0) is 8.81. The lowest BCUT2D eigenvalue weighted by atomic mass is 10.2. The molecule has 12 heavy (non-hydrogen) atoms. The normalized spacial score (nSPS) is 26.0. The third-order valence-corrected chi connectivity index (χ3v) is 2.22. The number of nitrogens with zero attached hydrogens (tertiary/aromatic N) is 1. The molecule has 0 saturated carbocycles. The number of hydrogen-bond donors (Lipinski definition) is 2. The Labute approximate surface area is 73.3 Å². The Bertz CT molecular complexity index is 122. The molecule has 3 N–H and O–H groups in total. The van der Waals surface area contributed by atoms with E-state index in [0.717, 1.165) is 32.7 Å². The highest BCUT2D eigenvalue weighted by molar-refractivity contribution is 4.75. The molecule has 4 heteroatoms. The lowest BCUT2D eigenvalue weighted by Crippen LogP contribution is -2.49.